The molecule has 3 aliphatic rings. The van der Waals surface area contributed by atoms with Crippen LogP contribution in [-0.4, -0.2) is 42.9 Å². The monoisotopic (exact) mass is 398 g/mol. The van der Waals surface area contributed by atoms with Gasteiger partial charge in [0.15, 0.2) is 5.78 Å². The van der Waals surface area contributed by atoms with Gasteiger partial charge in [0.05, 0.1) is 13.2 Å². The quantitative estimate of drug-likeness (QED) is 0.831. The summed E-state index contributed by atoms with van der Waals surface area (Å²) in [5, 5.41) is 3.33. The predicted octanol–water partition coefficient (Wildman–Crippen LogP) is 3.29. The molecular formula is C23H27FN2O3. The van der Waals surface area contributed by atoms with E-state index in [1.807, 2.05) is 6.92 Å². The molecule has 1 aliphatic carbocycles. The second-order valence-corrected chi connectivity index (χ2v) is 8.86. The highest BCUT2D eigenvalue weighted by Crippen LogP contribution is 2.47. The highest BCUT2D eigenvalue weighted by Gasteiger charge is 2.44. The van der Waals surface area contributed by atoms with Crippen molar-refractivity contribution in [2.75, 3.05) is 26.3 Å². The fraction of sp³-hybridized carbons (Fsp3) is 0.478. The van der Waals surface area contributed by atoms with E-state index in [-0.39, 0.29) is 17.1 Å². The van der Waals surface area contributed by atoms with Crippen molar-refractivity contribution in [3.8, 4) is 0 Å². The number of halogens is 1. The number of hydrogen-bond acceptors (Lipinski definition) is 4. The maximum absolute atomic E-state index is 14.9. The average Bonchev–Trinajstić information content (AvgIpc) is 2.66. The van der Waals surface area contributed by atoms with E-state index in [9.17, 15) is 14.0 Å². The van der Waals surface area contributed by atoms with Gasteiger partial charge in [-0.15, -0.1) is 0 Å². The first-order valence-electron chi connectivity index (χ1n) is 10.1. The van der Waals surface area contributed by atoms with E-state index in [2.05, 4.69) is 19.2 Å². The van der Waals surface area contributed by atoms with Gasteiger partial charge in [-0.1, -0.05) is 32.0 Å². The summed E-state index contributed by atoms with van der Waals surface area (Å²) in [6.07, 6.45) is 1.08. The molecule has 1 fully saturated rings. The zero-order chi connectivity index (χ0) is 20.8. The van der Waals surface area contributed by atoms with Gasteiger partial charge >= 0.3 is 0 Å². The van der Waals surface area contributed by atoms with Crippen molar-refractivity contribution in [3.05, 3.63) is 58.2 Å². The number of hydrogen-bond donors (Lipinski definition) is 1. The van der Waals surface area contributed by atoms with Crippen LogP contribution in [0.15, 0.2) is 46.8 Å². The van der Waals surface area contributed by atoms with E-state index < -0.39 is 11.7 Å². The van der Waals surface area contributed by atoms with Gasteiger partial charge in [-0.3, -0.25) is 9.59 Å². The van der Waals surface area contributed by atoms with Crippen LogP contribution in [0.4, 0.5) is 4.39 Å². The number of dihydropyridines is 1. The molecule has 2 heterocycles. The number of rotatable bonds is 2. The Kier molecular flexibility index (Phi) is 5.07. The number of benzene rings is 1. The van der Waals surface area contributed by atoms with Crippen LogP contribution in [0.2, 0.25) is 0 Å². The summed E-state index contributed by atoms with van der Waals surface area (Å²) in [5.74, 6) is -1.26. The van der Waals surface area contributed by atoms with E-state index in [4.69, 9.17) is 4.74 Å². The minimum absolute atomic E-state index is 0.0169. The van der Waals surface area contributed by atoms with Gasteiger partial charge in [-0.25, -0.2) is 4.39 Å². The lowest BCUT2D eigenvalue weighted by atomic mass is 9.68. The number of morpholine rings is 1. The molecule has 2 aliphatic heterocycles. The third-order valence-electron chi connectivity index (χ3n) is 5.98. The van der Waals surface area contributed by atoms with E-state index in [0.717, 1.165) is 5.70 Å². The number of ether oxygens (including phenoxy) is 1. The SMILES string of the molecule is CC1=C(C(=O)N2CCOCC2)[C@H](c2ccccc2F)C2=C(CC(C)(C)CC2=O)N1. The summed E-state index contributed by atoms with van der Waals surface area (Å²) in [6, 6.07) is 6.45. The van der Waals surface area contributed by atoms with Gasteiger partial charge in [0, 0.05) is 53.5 Å². The lowest BCUT2D eigenvalue weighted by Gasteiger charge is -2.41. The molecule has 1 aromatic rings. The molecule has 6 heteroatoms. The number of ketones is 1. The van der Waals surface area contributed by atoms with Crippen LogP contribution in [0.1, 0.15) is 45.1 Å². The molecule has 5 nitrogen and oxygen atoms in total. The largest absolute Gasteiger partial charge is 0.378 e. The smallest absolute Gasteiger partial charge is 0.252 e. The van der Waals surface area contributed by atoms with Crippen LogP contribution >= 0.6 is 0 Å². The Labute approximate surface area is 170 Å². The lowest BCUT2D eigenvalue weighted by molar-refractivity contribution is -0.131. The fourth-order valence-corrected chi connectivity index (χ4v) is 4.68. The van der Waals surface area contributed by atoms with Crippen molar-refractivity contribution in [1.82, 2.24) is 10.2 Å². The van der Waals surface area contributed by atoms with Crippen molar-refractivity contribution in [2.24, 2.45) is 5.41 Å². The predicted molar refractivity (Wildman–Crippen MR) is 107 cm³/mol. The van der Waals surface area contributed by atoms with E-state index in [1.54, 1.807) is 23.1 Å². The number of allylic oxidation sites excluding steroid dienone is 3. The highest BCUT2D eigenvalue weighted by molar-refractivity contribution is 6.05. The summed E-state index contributed by atoms with van der Waals surface area (Å²) in [7, 11) is 0. The molecule has 1 N–H and O–H groups in total. The number of nitrogens with zero attached hydrogens (tertiary/aromatic N) is 1. The molecule has 1 atom stereocenters. The van der Waals surface area contributed by atoms with Crippen LogP contribution < -0.4 is 5.32 Å². The molecule has 0 spiro atoms. The van der Waals surface area contributed by atoms with Crippen LogP contribution in [0.25, 0.3) is 0 Å². The Morgan fingerprint density at radius 3 is 2.59 bits per heavy atom. The first-order chi connectivity index (χ1) is 13.8. The van der Waals surface area contributed by atoms with Gasteiger partial charge in [0.2, 0.25) is 0 Å². The Hall–Kier alpha value is -2.47. The second-order valence-electron chi connectivity index (χ2n) is 8.86. The maximum atomic E-state index is 14.9. The number of carbonyl (C=O) groups is 2. The second kappa shape index (κ2) is 7.41. The summed E-state index contributed by atoms with van der Waals surface area (Å²) >= 11 is 0. The van der Waals surface area contributed by atoms with Gasteiger partial charge in [-0.2, -0.15) is 0 Å². The number of carbonyl (C=O) groups excluding carboxylic acids is 2. The molecule has 4 rings (SSSR count). The minimum atomic E-state index is -0.689. The van der Waals surface area contributed by atoms with Crippen molar-refractivity contribution >= 4 is 11.7 Å². The van der Waals surface area contributed by atoms with Gasteiger partial charge in [-0.05, 0) is 24.8 Å². The van der Waals surface area contributed by atoms with Crippen molar-refractivity contribution in [3.63, 3.8) is 0 Å². The molecule has 0 unspecified atom stereocenters. The number of amides is 1. The maximum Gasteiger partial charge on any atom is 0.252 e. The molecule has 154 valence electrons. The average molecular weight is 398 g/mol. The van der Waals surface area contributed by atoms with Crippen molar-refractivity contribution in [2.45, 2.75) is 39.5 Å². The number of nitrogens with one attached hydrogen (secondary N) is 1. The molecule has 0 saturated carbocycles. The van der Waals surface area contributed by atoms with Crippen LogP contribution in [0, 0.1) is 11.2 Å². The van der Waals surface area contributed by atoms with Gasteiger partial charge in [0.25, 0.3) is 5.91 Å². The number of Topliss-reactive ketones (excluding diaryl/α,β-unsaturated/α-hetero) is 1. The topological polar surface area (TPSA) is 58.6 Å². The first-order valence-corrected chi connectivity index (χ1v) is 10.1. The van der Waals surface area contributed by atoms with Crippen LogP contribution in [0.5, 0.6) is 0 Å². The Morgan fingerprint density at radius 2 is 1.90 bits per heavy atom. The molecule has 29 heavy (non-hydrogen) atoms. The summed E-state index contributed by atoms with van der Waals surface area (Å²) in [6.45, 7) is 7.91. The molecule has 0 bridgehead atoms. The summed E-state index contributed by atoms with van der Waals surface area (Å²) < 4.78 is 20.3. The zero-order valence-corrected chi connectivity index (χ0v) is 17.2. The Morgan fingerprint density at radius 1 is 1.21 bits per heavy atom. The van der Waals surface area contributed by atoms with Gasteiger partial charge in [0.1, 0.15) is 5.82 Å². The van der Waals surface area contributed by atoms with E-state index in [1.165, 1.54) is 6.07 Å². The van der Waals surface area contributed by atoms with Crippen molar-refractivity contribution in [1.29, 1.82) is 0 Å². The standard InChI is InChI=1S/C23H27FN2O3/c1-14-19(22(28)26-8-10-29-11-9-26)20(15-6-4-5-7-16(15)24)21-17(25-14)12-23(2,3)13-18(21)27/h4-7,20,25H,8-13H2,1-3H3/t20-/m0/s1. The molecule has 1 saturated heterocycles. The third-order valence-corrected chi connectivity index (χ3v) is 5.98. The highest BCUT2D eigenvalue weighted by atomic mass is 19.1. The molecule has 1 amide bonds. The zero-order valence-electron chi connectivity index (χ0n) is 17.2. The first kappa shape index (κ1) is 19.8. The van der Waals surface area contributed by atoms with Crippen LogP contribution in [0.3, 0.4) is 0 Å². The molecule has 1 aromatic carbocycles. The fourth-order valence-electron chi connectivity index (χ4n) is 4.68. The van der Waals surface area contributed by atoms with E-state index >= 15 is 0 Å². The minimum Gasteiger partial charge on any atom is -0.378 e. The Bertz CT molecular complexity index is 926. The van der Waals surface area contributed by atoms with Crippen molar-refractivity contribution < 1.29 is 18.7 Å². The molecule has 0 radical (unpaired) electrons. The van der Waals surface area contributed by atoms with Crippen LogP contribution in [-0.2, 0) is 14.3 Å². The van der Waals surface area contributed by atoms with E-state index in [0.29, 0.717) is 61.6 Å². The lowest BCUT2D eigenvalue weighted by Crippen LogP contribution is -2.45. The summed E-state index contributed by atoms with van der Waals surface area (Å²) in [5.41, 5.74) is 2.72. The molecular weight excluding hydrogens is 371 g/mol. The molecule has 0 aromatic heterocycles. The summed E-state index contributed by atoms with van der Waals surface area (Å²) in [4.78, 5) is 28.4. The normalized spacial score (nSPS) is 24.3. The third kappa shape index (κ3) is 3.62. The van der Waals surface area contributed by atoms with Gasteiger partial charge < -0.3 is 15.0 Å². The Balaban J connectivity index is 1.85.